The summed E-state index contributed by atoms with van der Waals surface area (Å²) in [7, 11) is 1.82. The van der Waals surface area contributed by atoms with Gasteiger partial charge in [-0.05, 0) is 50.1 Å². The molecule has 2 nitrogen and oxygen atoms in total. The van der Waals surface area contributed by atoms with Gasteiger partial charge in [0, 0.05) is 33.6 Å². The van der Waals surface area contributed by atoms with Crippen LogP contribution in [-0.2, 0) is 6.54 Å². The van der Waals surface area contributed by atoms with E-state index >= 15 is 0 Å². The minimum Gasteiger partial charge on any atom is -0.337 e. The summed E-state index contributed by atoms with van der Waals surface area (Å²) in [6.45, 7) is 2.87. The molecule has 0 amide bonds. The van der Waals surface area contributed by atoms with Crippen LogP contribution in [0.25, 0.3) is 22.0 Å². The molecule has 0 aliphatic carbocycles. The molecule has 3 aromatic rings. The lowest BCUT2D eigenvalue weighted by atomic mass is 10.0. The summed E-state index contributed by atoms with van der Waals surface area (Å²) in [5.41, 5.74) is 4.52. The number of thioether (sulfide) groups is 1. The second-order valence-corrected chi connectivity index (χ2v) is 6.88. The smallest absolute Gasteiger partial charge is 0.117 e. The van der Waals surface area contributed by atoms with Gasteiger partial charge in [0.1, 0.15) is 5.83 Å². The molecule has 0 aliphatic rings. The first-order valence-corrected chi connectivity index (χ1v) is 9.59. The number of hydrogen-bond acceptors (Lipinski definition) is 2. The summed E-state index contributed by atoms with van der Waals surface area (Å²) < 4.78 is 16.4. The predicted molar refractivity (Wildman–Crippen MR) is 107 cm³/mol. The molecule has 25 heavy (non-hydrogen) atoms. The quantitative estimate of drug-likeness (QED) is 0.596. The maximum Gasteiger partial charge on any atom is 0.117 e. The van der Waals surface area contributed by atoms with E-state index in [2.05, 4.69) is 53.4 Å². The van der Waals surface area contributed by atoms with Gasteiger partial charge in [-0.2, -0.15) is 0 Å². The van der Waals surface area contributed by atoms with Crippen LogP contribution in [0.4, 0.5) is 4.39 Å². The van der Waals surface area contributed by atoms with Crippen molar-refractivity contribution in [3.05, 3.63) is 66.1 Å². The Morgan fingerprint density at radius 2 is 1.96 bits per heavy atom. The zero-order valence-corrected chi connectivity index (χ0v) is 15.7. The number of allylic oxidation sites excluding steroid dienone is 1. The zero-order chi connectivity index (χ0) is 17.8. The first-order valence-electron chi connectivity index (χ1n) is 8.37. The second kappa shape index (κ2) is 7.89. The average Bonchev–Trinajstić information content (AvgIpc) is 2.91. The molecule has 4 heteroatoms. The van der Waals surface area contributed by atoms with E-state index in [-0.39, 0.29) is 12.4 Å². The molecule has 0 saturated heterocycles. The van der Waals surface area contributed by atoms with Gasteiger partial charge >= 0.3 is 0 Å². The molecule has 1 N–H and O–H groups in total. The third-order valence-electron chi connectivity index (χ3n) is 4.43. The summed E-state index contributed by atoms with van der Waals surface area (Å²) in [6.07, 6.45) is 3.68. The summed E-state index contributed by atoms with van der Waals surface area (Å²) in [5, 5.41) is 4.13. The fourth-order valence-electron chi connectivity index (χ4n) is 3.19. The molecule has 0 atom stereocenters. The average molecular weight is 354 g/mol. The van der Waals surface area contributed by atoms with Gasteiger partial charge in [-0.15, -0.1) is 11.8 Å². The highest BCUT2D eigenvalue weighted by Gasteiger charge is 2.16. The van der Waals surface area contributed by atoms with Gasteiger partial charge in [-0.1, -0.05) is 30.3 Å². The Balaban J connectivity index is 2.19. The number of halogens is 1. The van der Waals surface area contributed by atoms with Crippen LogP contribution >= 0.6 is 11.8 Å². The molecule has 0 fully saturated rings. The van der Waals surface area contributed by atoms with Crippen molar-refractivity contribution >= 4 is 22.7 Å². The summed E-state index contributed by atoms with van der Waals surface area (Å²) in [5.74, 6) is -0.122. The number of likely N-dealkylation sites (N-methyl/N-ethyl adjacent to an activating group) is 1. The number of fused-ring (bicyclic) bond motifs is 1. The molecule has 1 heterocycles. The molecule has 0 saturated carbocycles. The molecule has 1 aromatic heterocycles. The fraction of sp³-hybridized carbons (Fsp3) is 0.238. The van der Waals surface area contributed by atoms with E-state index in [1.54, 1.807) is 17.8 Å². The van der Waals surface area contributed by atoms with E-state index in [9.17, 15) is 4.39 Å². The van der Waals surface area contributed by atoms with Crippen LogP contribution in [0.1, 0.15) is 5.69 Å². The Morgan fingerprint density at radius 3 is 2.64 bits per heavy atom. The van der Waals surface area contributed by atoms with E-state index in [1.165, 1.54) is 21.4 Å². The van der Waals surface area contributed by atoms with Crippen molar-refractivity contribution < 1.29 is 4.39 Å². The van der Waals surface area contributed by atoms with Crippen LogP contribution in [0, 0.1) is 6.92 Å². The highest BCUT2D eigenvalue weighted by atomic mass is 32.2. The molecule has 3 rings (SSSR count). The molecule has 0 aliphatic heterocycles. The molecule has 130 valence electrons. The van der Waals surface area contributed by atoms with Gasteiger partial charge in [0.25, 0.3) is 0 Å². The van der Waals surface area contributed by atoms with E-state index in [0.29, 0.717) is 6.54 Å². The van der Waals surface area contributed by atoms with Crippen molar-refractivity contribution in [3.63, 3.8) is 0 Å². The SMILES string of the molecule is CNC/C=C(\F)Cn1c(C)c(-c2ccccc2)c2cc(SC)ccc21. The van der Waals surface area contributed by atoms with Crippen LogP contribution in [0.2, 0.25) is 0 Å². The Hall–Kier alpha value is -2.04. The highest BCUT2D eigenvalue weighted by Crippen LogP contribution is 2.36. The van der Waals surface area contributed by atoms with Gasteiger partial charge in [0.05, 0.1) is 6.54 Å². The third-order valence-corrected chi connectivity index (χ3v) is 5.16. The molecular formula is C21H23FN2S. The molecule has 0 radical (unpaired) electrons. The van der Waals surface area contributed by atoms with Crippen LogP contribution in [-0.4, -0.2) is 24.4 Å². The summed E-state index contributed by atoms with van der Waals surface area (Å²) in [4.78, 5) is 1.22. The number of nitrogens with zero attached hydrogens (tertiary/aromatic N) is 1. The zero-order valence-electron chi connectivity index (χ0n) is 14.8. The number of hydrogen-bond donors (Lipinski definition) is 1. The lowest BCUT2D eigenvalue weighted by Gasteiger charge is -2.08. The molecule has 0 unspecified atom stereocenters. The molecule has 0 spiro atoms. The van der Waals surface area contributed by atoms with Gasteiger partial charge in [0.2, 0.25) is 0 Å². The lowest BCUT2D eigenvalue weighted by Crippen LogP contribution is -2.07. The van der Waals surface area contributed by atoms with Gasteiger partial charge in [0.15, 0.2) is 0 Å². The Bertz CT molecular complexity index is 897. The number of rotatable bonds is 6. The van der Waals surface area contributed by atoms with Crippen LogP contribution < -0.4 is 5.32 Å². The van der Waals surface area contributed by atoms with Crippen molar-refractivity contribution in [1.29, 1.82) is 0 Å². The molecule has 2 aromatic carbocycles. The van der Waals surface area contributed by atoms with E-state index < -0.39 is 0 Å². The molecular weight excluding hydrogens is 331 g/mol. The third kappa shape index (κ3) is 3.65. The van der Waals surface area contributed by atoms with Crippen molar-refractivity contribution in [2.45, 2.75) is 18.4 Å². The van der Waals surface area contributed by atoms with E-state index in [4.69, 9.17) is 0 Å². The monoisotopic (exact) mass is 354 g/mol. The van der Waals surface area contributed by atoms with Crippen molar-refractivity contribution in [3.8, 4) is 11.1 Å². The fourth-order valence-corrected chi connectivity index (χ4v) is 3.63. The molecule has 0 bridgehead atoms. The van der Waals surface area contributed by atoms with E-state index in [0.717, 1.165) is 11.2 Å². The Labute approximate surface area is 152 Å². The topological polar surface area (TPSA) is 17.0 Å². The predicted octanol–water partition coefficient (Wildman–Crippen LogP) is 5.41. The first-order chi connectivity index (χ1) is 12.2. The number of nitrogens with one attached hydrogen (secondary N) is 1. The summed E-state index contributed by atoms with van der Waals surface area (Å²) >= 11 is 1.72. The Morgan fingerprint density at radius 1 is 1.20 bits per heavy atom. The summed E-state index contributed by atoms with van der Waals surface area (Å²) in [6, 6.07) is 16.8. The van der Waals surface area contributed by atoms with Gasteiger partial charge in [-0.25, -0.2) is 4.39 Å². The Kier molecular flexibility index (Phi) is 5.61. The van der Waals surface area contributed by atoms with Gasteiger partial charge in [-0.3, -0.25) is 0 Å². The number of benzene rings is 2. The van der Waals surface area contributed by atoms with Crippen molar-refractivity contribution in [1.82, 2.24) is 9.88 Å². The van der Waals surface area contributed by atoms with Crippen LogP contribution in [0.15, 0.2) is 65.3 Å². The highest BCUT2D eigenvalue weighted by molar-refractivity contribution is 7.98. The van der Waals surface area contributed by atoms with Crippen LogP contribution in [0.3, 0.4) is 0 Å². The second-order valence-electron chi connectivity index (χ2n) is 6.00. The lowest BCUT2D eigenvalue weighted by molar-refractivity contribution is 0.553. The van der Waals surface area contributed by atoms with Crippen molar-refractivity contribution in [2.75, 3.05) is 19.8 Å². The standard InChI is InChI=1S/C21H23FN2S/c1-15-21(16-7-5-4-6-8-16)19-13-18(25-3)9-10-20(19)24(15)14-17(22)11-12-23-2/h4-11,13,23H,12,14H2,1-3H3/b17-11-. The maximum absolute atomic E-state index is 14.3. The first kappa shape index (κ1) is 17.8. The number of aromatic nitrogens is 1. The van der Waals surface area contributed by atoms with Crippen LogP contribution in [0.5, 0.6) is 0 Å². The largest absolute Gasteiger partial charge is 0.337 e. The van der Waals surface area contributed by atoms with Crippen molar-refractivity contribution in [2.24, 2.45) is 0 Å². The minimum absolute atomic E-state index is 0.122. The normalized spacial score (nSPS) is 12.1. The van der Waals surface area contributed by atoms with Gasteiger partial charge < -0.3 is 9.88 Å². The minimum atomic E-state index is -0.122. The maximum atomic E-state index is 14.3. The van der Waals surface area contributed by atoms with E-state index in [1.807, 2.05) is 25.2 Å².